The minimum absolute atomic E-state index is 0.0591. The van der Waals surface area contributed by atoms with E-state index in [1.165, 1.54) is 327 Å². The SMILES string of the molecule is CCCCCCCCCCCCCCCCCCC/C=C/CC/C=C/C(O)C(COP(=O)(O)OCC[N+](C)(C)C)NC(=O)CCCCCCCCCCCCCCCCCCCCCCCCCCCCCCCCCCCCCCC. The summed E-state index contributed by atoms with van der Waals surface area (Å²) < 4.78 is 23.8. The van der Waals surface area contributed by atoms with Crippen LogP contribution in [-0.2, 0) is 18.4 Å². The van der Waals surface area contributed by atoms with E-state index in [2.05, 4.69) is 31.3 Å². The number of phosphoric acid groups is 1. The Morgan fingerprint density at radius 3 is 0.976 bits per heavy atom. The average molecular weight is 1180 g/mol. The third-order valence-electron chi connectivity index (χ3n) is 17.2. The van der Waals surface area contributed by atoms with Gasteiger partial charge >= 0.3 is 7.82 Å². The lowest BCUT2D eigenvalue weighted by molar-refractivity contribution is -0.870. The summed E-state index contributed by atoms with van der Waals surface area (Å²) in [5.41, 5.74) is 0. The van der Waals surface area contributed by atoms with Crippen molar-refractivity contribution in [3.63, 3.8) is 0 Å². The zero-order valence-electron chi connectivity index (χ0n) is 56.0. The van der Waals surface area contributed by atoms with E-state index in [9.17, 15) is 19.4 Å². The van der Waals surface area contributed by atoms with E-state index in [-0.39, 0.29) is 19.1 Å². The first-order valence-corrected chi connectivity index (χ1v) is 38.2. The van der Waals surface area contributed by atoms with Crippen LogP contribution in [0.3, 0.4) is 0 Å². The zero-order chi connectivity index (χ0) is 59.8. The second kappa shape index (κ2) is 64.5. The maximum Gasteiger partial charge on any atom is 0.472 e. The molecule has 0 aromatic heterocycles. The predicted molar refractivity (Wildman–Crippen MR) is 360 cm³/mol. The minimum atomic E-state index is -4.36. The quantitative estimate of drug-likeness (QED) is 0.0243. The Balaban J connectivity index is 3.96. The molecule has 0 aliphatic rings. The van der Waals surface area contributed by atoms with Crippen molar-refractivity contribution in [2.24, 2.45) is 0 Å². The summed E-state index contributed by atoms with van der Waals surface area (Å²) in [4.78, 5) is 23.4. The Labute approximate surface area is 513 Å². The van der Waals surface area contributed by atoms with Crippen LogP contribution >= 0.6 is 7.82 Å². The van der Waals surface area contributed by atoms with Gasteiger partial charge in [-0.25, -0.2) is 4.57 Å². The largest absolute Gasteiger partial charge is 0.472 e. The van der Waals surface area contributed by atoms with Crippen LogP contribution in [0.15, 0.2) is 24.3 Å². The maximum absolute atomic E-state index is 13.1. The van der Waals surface area contributed by atoms with E-state index in [1.54, 1.807) is 6.08 Å². The van der Waals surface area contributed by atoms with Crippen LogP contribution in [0.1, 0.15) is 386 Å². The molecule has 0 bridgehead atoms. The van der Waals surface area contributed by atoms with E-state index in [0.717, 1.165) is 38.5 Å². The lowest BCUT2D eigenvalue weighted by Crippen LogP contribution is -2.45. The molecule has 0 fully saturated rings. The summed E-state index contributed by atoms with van der Waals surface area (Å²) in [6, 6.07) is -0.862. The molecule has 9 heteroatoms. The molecule has 0 saturated carbocycles. The lowest BCUT2D eigenvalue weighted by atomic mass is 10.0. The molecular weight excluding hydrogens is 1030 g/mol. The Morgan fingerprint density at radius 1 is 0.402 bits per heavy atom. The lowest BCUT2D eigenvalue weighted by Gasteiger charge is -2.25. The number of likely N-dealkylation sites (N-methyl/N-ethyl adjacent to an activating group) is 1. The number of nitrogens with one attached hydrogen (secondary N) is 1. The molecule has 82 heavy (non-hydrogen) atoms. The molecule has 0 aromatic rings. The zero-order valence-corrected chi connectivity index (χ0v) is 56.9. The highest BCUT2D eigenvalue weighted by Gasteiger charge is 2.28. The number of unbranched alkanes of at least 4 members (excludes halogenated alkanes) is 54. The fraction of sp³-hybridized carbons (Fsp3) is 0.932. The van der Waals surface area contributed by atoms with E-state index < -0.39 is 20.0 Å². The number of phosphoric ester groups is 1. The third kappa shape index (κ3) is 66.5. The van der Waals surface area contributed by atoms with Gasteiger partial charge in [-0.05, 0) is 32.1 Å². The second-order valence-electron chi connectivity index (χ2n) is 26.7. The van der Waals surface area contributed by atoms with Gasteiger partial charge in [-0.2, -0.15) is 0 Å². The predicted octanol–water partition coefficient (Wildman–Crippen LogP) is 23.4. The first-order chi connectivity index (χ1) is 40.0. The number of carbonyl (C=O) groups is 1. The molecule has 8 nitrogen and oxygen atoms in total. The number of nitrogens with zero attached hydrogens (tertiary/aromatic N) is 1. The summed E-state index contributed by atoms with van der Waals surface area (Å²) in [6.07, 6.45) is 85.0. The van der Waals surface area contributed by atoms with Crippen LogP contribution < -0.4 is 5.32 Å². The molecule has 1 amide bonds. The standard InChI is InChI=1S/C73H145N2O6P/c1-6-8-10-12-14-16-18-20-22-24-26-28-30-31-32-33-34-35-36-37-38-39-40-41-42-43-45-47-49-51-53-55-57-59-61-63-65-67-73(77)74-71(70-81-82(78,79)80-69-68-75(3,4)5)72(76)66-64-62-60-58-56-54-52-50-48-46-44-29-27-25-23-21-19-17-15-13-11-9-7-2/h56,58,64,66,71-72,76H,6-55,57,59-63,65,67-70H2,1-5H3,(H-,74,77,78,79)/p+1/b58-56+,66-64+. The van der Waals surface area contributed by atoms with Gasteiger partial charge in [0, 0.05) is 6.42 Å². The van der Waals surface area contributed by atoms with Gasteiger partial charge < -0.3 is 19.8 Å². The highest BCUT2D eigenvalue weighted by molar-refractivity contribution is 7.47. The van der Waals surface area contributed by atoms with Crippen LogP contribution in [0, 0.1) is 0 Å². The van der Waals surface area contributed by atoms with Crippen LogP contribution in [0.4, 0.5) is 0 Å². The number of carbonyl (C=O) groups excluding carboxylic acids is 1. The molecule has 0 saturated heterocycles. The van der Waals surface area contributed by atoms with Crippen LogP contribution in [0.5, 0.6) is 0 Å². The van der Waals surface area contributed by atoms with Gasteiger partial charge in [0.2, 0.25) is 5.91 Å². The molecule has 0 radical (unpaired) electrons. The van der Waals surface area contributed by atoms with Gasteiger partial charge in [-0.15, -0.1) is 0 Å². The number of quaternary nitrogens is 1. The van der Waals surface area contributed by atoms with E-state index in [4.69, 9.17) is 9.05 Å². The monoisotopic (exact) mass is 1180 g/mol. The molecule has 0 aliphatic heterocycles. The molecule has 0 rings (SSSR count). The molecule has 488 valence electrons. The number of allylic oxidation sites excluding steroid dienone is 3. The van der Waals surface area contributed by atoms with Crippen LogP contribution in [0.25, 0.3) is 0 Å². The van der Waals surface area contributed by atoms with Crippen molar-refractivity contribution in [3.8, 4) is 0 Å². The molecule has 0 heterocycles. The van der Waals surface area contributed by atoms with E-state index >= 15 is 0 Å². The molecule has 0 aliphatic carbocycles. The van der Waals surface area contributed by atoms with Crippen molar-refractivity contribution in [1.29, 1.82) is 0 Å². The maximum atomic E-state index is 13.1. The first kappa shape index (κ1) is 81.0. The van der Waals surface area contributed by atoms with Crippen molar-refractivity contribution in [1.82, 2.24) is 5.32 Å². The highest BCUT2D eigenvalue weighted by atomic mass is 31.2. The molecular formula is C73H146N2O6P+. The number of aliphatic hydroxyl groups excluding tert-OH is 1. The number of hydrogen-bond acceptors (Lipinski definition) is 5. The van der Waals surface area contributed by atoms with Gasteiger partial charge in [0.25, 0.3) is 0 Å². The smallest absolute Gasteiger partial charge is 0.387 e. The number of aliphatic hydroxyl groups is 1. The van der Waals surface area contributed by atoms with Crippen molar-refractivity contribution in [2.45, 2.75) is 398 Å². The van der Waals surface area contributed by atoms with Gasteiger partial charge in [0.15, 0.2) is 0 Å². The summed E-state index contributed by atoms with van der Waals surface area (Å²) in [5.74, 6) is -0.177. The van der Waals surface area contributed by atoms with Gasteiger partial charge in [0.05, 0.1) is 39.9 Å². The molecule has 3 N–H and O–H groups in total. The molecule has 0 spiro atoms. The van der Waals surface area contributed by atoms with Crippen molar-refractivity contribution in [2.75, 3.05) is 40.9 Å². The Morgan fingerprint density at radius 2 is 0.671 bits per heavy atom. The fourth-order valence-corrected chi connectivity index (χ4v) is 12.2. The van der Waals surface area contributed by atoms with Gasteiger partial charge in [-0.1, -0.05) is 372 Å². The summed E-state index contributed by atoms with van der Waals surface area (Å²) in [7, 11) is 1.58. The summed E-state index contributed by atoms with van der Waals surface area (Å²) in [6.45, 7) is 4.86. The first-order valence-electron chi connectivity index (χ1n) is 36.7. The number of rotatable bonds is 69. The Kier molecular flexibility index (Phi) is 63.7. The van der Waals surface area contributed by atoms with Crippen LogP contribution in [-0.4, -0.2) is 73.4 Å². The van der Waals surface area contributed by atoms with E-state index in [0.29, 0.717) is 17.4 Å². The third-order valence-corrected chi connectivity index (χ3v) is 18.2. The van der Waals surface area contributed by atoms with E-state index in [1.807, 2.05) is 27.2 Å². The number of amides is 1. The summed E-state index contributed by atoms with van der Waals surface area (Å²) in [5, 5.41) is 14.0. The Hall–Kier alpha value is -1.02. The average Bonchev–Trinajstić information content (AvgIpc) is 3.47. The van der Waals surface area contributed by atoms with Gasteiger partial charge in [0.1, 0.15) is 13.2 Å². The second-order valence-corrected chi connectivity index (χ2v) is 28.1. The molecule has 0 aromatic carbocycles. The molecule has 3 atom stereocenters. The Bertz CT molecular complexity index is 1390. The fourth-order valence-electron chi connectivity index (χ4n) is 11.5. The van der Waals surface area contributed by atoms with Crippen molar-refractivity contribution in [3.05, 3.63) is 24.3 Å². The summed E-state index contributed by atoms with van der Waals surface area (Å²) >= 11 is 0. The topological polar surface area (TPSA) is 105 Å². The van der Waals surface area contributed by atoms with Crippen LogP contribution in [0.2, 0.25) is 0 Å². The van der Waals surface area contributed by atoms with Crippen molar-refractivity contribution >= 4 is 13.7 Å². The van der Waals surface area contributed by atoms with Gasteiger partial charge in [-0.3, -0.25) is 13.8 Å². The number of hydrogen-bond donors (Lipinski definition) is 3. The van der Waals surface area contributed by atoms with Crippen molar-refractivity contribution < 1.29 is 32.9 Å². The highest BCUT2D eigenvalue weighted by Crippen LogP contribution is 2.43. The minimum Gasteiger partial charge on any atom is -0.387 e. The normalized spacial score (nSPS) is 13.7. The molecule has 3 unspecified atom stereocenters.